The molecular weight excluding hydrogens is 314 g/mol. The highest BCUT2D eigenvalue weighted by molar-refractivity contribution is 8.00. The van der Waals surface area contributed by atoms with Gasteiger partial charge < -0.3 is 9.22 Å². The number of likely N-dealkylation sites (N-methyl/N-ethyl adjacent to an activating group) is 1. The van der Waals surface area contributed by atoms with Gasteiger partial charge in [-0.2, -0.15) is 0 Å². The van der Waals surface area contributed by atoms with Crippen molar-refractivity contribution in [2.75, 3.05) is 26.4 Å². The molecule has 0 saturated carbocycles. The summed E-state index contributed by atoms with van der Waals surface area (Å²) < 4.78 is 7.98. The molecule has 2 aromatic rings. The zero-order valence-corrected chi connectivity index (χ0v) is 15.3. The molecule has 0 aliphatic carbocycles. The minimum absolute atomic E-state index is 0.313. The van der Waals surface area contributed by atoms with Gasteiger partial charge in [-0.05, 0) is 11.1 Å². The van der Waals surface area contributed by atoms with Crippen LogP contribution in [0, 0.1) is 0 Å². The number of rotatable bonds is 3. The molecule has 2 aromatic carbocycles. The fourth-order valence-electron chi connectivity index (χ4n) is 4.31. The first-order valence-corrected chi connectivity index (χ1v) is 9.86. The topological polar surface area (TPSA) is 9.23 Å². The average Bonchev–Trinajstić information content (AvgIpc) is 3.20. The second kappa shape index (κ2) is 6.21. The average molecular weight is 341 g/mol. The first-order chi connectivity index (χ1) is 11.6. The van der Waals surface area contributed by atoms with E-state index in [0.717, 1.165) is 10.2 Å². The molecule has 2 fully saturated rings. The molecule has 0 unspecified atom stereocenters. The van der Waals surface area contributed by atoms with Gasteiger partial charge in [0.15, 0.2) is 4.93 Å². The van der Waals surface area contributed by atoms with Crippen LogP contribution in [0.4, 0.5) is 0 Å². The lowest BCUT2D eigenvalue weighted by atomic mass is 9.99. The summed E-state index contributed by atoms with van der Waals surface area (Å²) >= 11 is 1.96. The molecule has 2 heterocycles. The van der Waals surface area contributed by atoms with Crippen LogP contribution in [0.5, 0.6) is 0 Å². The highest BCUT2D eigenvalue weighted by Crippen LogP contribution is 2.51. The van der Waals surface area contributed by atoms with Gasteiger partial charge in [-0.1, -0.05) is 60.7 Å². The van der Waals surface area contributed by atoms with E-state index in [1.54, 1.807) is 0 Å². The second-order valence-electron chi connectivity index (χ2n) is 7.53. The zero-order chi connectivity index (χ0) is 16.6. The van der Waals surface area contributed by atoms with Crippen LogP contribution in [0.25, 0.3) is 0 Å². The maximum atomic E-state index is 6.89. The van der Waals surface area contributed by atoms with Gasteiger partial charge in [-0.25, -0.2) is 0 Å². The van der Waals surface area contributed by atoms with E-state index < -0.39 is 0 Å². The molecule has 2 aliphatic rings. The first kappa shape index (κ1) is 16.2. The molecule has 126 valence electrons. The number of ether oxygens (including phenoxy) is 1. The van der Waals surface area contributed by atoms with E-state index >= 15 is 0 Å². The number of nitrogens with zero attached hydrogens (tertiary/aromatic N) is 1. The summed E-state index contributed by atoms with van der Waals surface area (Å²) in [6, 6.07) is 22.1. The van der Waals surface area contributed by atoms with Crippen molar-refractivity contribution >= 4 is 11.8 Å². The van der Waals surface area contributed by atoms with Crippen LogP contribution in [0.3, 0.4) is 0 Å². The van der Waals surface area contributed by atoms with Gasteiger partial charge in [-0.15, -0.1) is 11.8 Å². The van der Waals surface area contributed by atoms with Gasteiger partial charge in [0.2, 0.25) is 0 Å². The van der Waals surface area contributed by atoms with Crippen molar-refractivity contribution in [3.8, 4) is 0 Å². The number of thioether (sulfide) groups is 1. The van der Waals surface area contributed by atoms with Crippen molar-refractivity contribution < 1.29 is 9.22 Å². The van der Waals surface area contributed by atoms with E-state index in [9.17, 15) is 0 Å². The quantitative estimate of drug-likeness (QED) is 0.772. The van der Waals surface area contributed by atoms with E-state index in [2.05, 4.69) is 74.8 Å². The summed E-state index contributed by atoms with van der Waals surface area (Å²) in [5.41, 5.74) is 2.51. The fourth-order valence-corrected chi connectivity index (χ4v) is 5.80. The molecule has 4 rings (SSSR count). The lowest BCUT2D eigenvalue weighted by Gasteiger charge is -2.36. The van der Waals surface area contributed by atoms with Crippen molar-refractivity contribution in [2.45, 2.75) is 29.9 Å². The predicted molar refractivity (Wildman–Crippen MR) is 101 cm³/mol. The molecular formula is C21H26NOS+. The molecule has 0 bridgehead atoms. The Bertz CT molecular complexity index is 646. The molecule has 0 spiro atoms. The van der Waals surface area contributed by atoms with Crippen molar-refractivity contribution in [1.82, 2.24) is 0 Å². The van der Waals surface area contributed by atoms with E-state index in [1.165, 1.54) is 30.5 Å². The van der Waals surface area contributed by atoms with Crippen LogP contribution >= 0.6 is 11.8 Å². The lowest BCUT2D eigenvalue weighted by Crippen LogP contribution is -2.51. The van der Waals surface area contributed by atoms with Gasteiger partial charge >= 0.3 is 0 Å². The first-order valence-electron chi connectivity index (χ1n) is 8.87. The number of hydrogen-bond donors (Lipinski definition) is 0. The monoisotopic (exact) mass is 340 g/mol. The largest absolute Gasteiger partial charge is 0.345 e. The predicted octanol–water partition coefficient (Wildman–Crippen LogP) is 4.26. The summed E-state index contributed by atoms with van der Waals surface area (Å²) in [6.07, 6.45) is 2.90. The molecule has 0 N–H and O–H groups in total. The highest BCUT2D eigenvalue weighted by atomic mass is 32.2. The Kier molecular flexibility index (Phi) is 4.19. The van der Waals surface area contributed by atoms with Crippen molar-refractivity contribution in [2.24, 2.45) is 0 Å². The SMILES string of the molecule is C[N+]1(C)CCC[C@@H]1[C@@H]1CSC(c2ccccc2)(c2ccccc2)O1. The smallest absolute Gasteiger partial charge is 0.165 e. The number of benzene rings is 2. The number of quaternary nitrogens is 1. The van der Waals surface area contributed by atoms with Crippen LogP contribution in [0.1, 0.15) is 24.0 Å². The Morgan fingerprint density at radius 1 is 0.958 bits per heavy atom. The van der Waals surface area contributed by atoms with Crippen molar-refractivity contribution in [3.05, 3.63) is 71.8 Å². The van der Waals surface area contributed by atoms with Crippen LogP contribution in [-0.4, -0.2) is 43.0 Å². The normalized spacial score (nSPS) is 28.1. The van der Waals surface area contributed by atoms with Gasteiger partial charge in [0.05, 0.1) is 20.6 Å². The highest BCUT2D eigenvalue weighted by Gasteiger charge is 2.51. The Balaban J connectivity index is 1.71. The molecule has 24 heavy (non-hydrogen) atoms. The van der Waals surface area contributed by atoms with Crippen LogP contribution < -0.4 is 0 Å². The molecule has 2 saturated heterocycles. The molecule has 2 atom stereocenters. The molecule has 0 amide bonds. The summed E-state index contributed by atoms with van der Waals surface area (Å²) in [5.74, 6) is 1.07. The summed E-state index contributed by atoms with van der Waals surface area (Å²) in [6.45, 7) is 1.26. The molecule has 3 heteroatoms. The minimum Gasteiger partial charge on any atom is -0.345 e. The van der Waals surface area contributed by atoms with Gasteiger partial charge in [0.1, 0.15) is 12.1 Å². The van der Waals surface area contributed by atoms with Gasteiger partial charge in [-0.3, -0.25) is 0 Å². The molecule has 0 aromatic heterocycles. The van der Waals surface area contributed by atoms with E-state index in [0.29, 0.717) is 12.1 Å². The van der Waals surface area contributed by atoms with E-state index in [4.69, 9.17) is 4.74 Å². The number of likely N-dealkylation sites (tertiary alicyclic amines) is 1. The summed E-state index contributed by atoms with van der Waals surface area (Å²) in [5, 5.41) is 0. The molecule has 0 radical (unpaired) electrons. The zero-order valence-electron chi connectivity index (χ0n) is 14.5. The van der Waals surface area contributed by atoms with Crippen LogP contribution in [-0.2, 0) is 9.67 Å². The summed E-state index contributed by atoms with van der Waals surface area (Å²) in [4.78, 5) is -0.365. The van der Waals surface area contributed by atoms with Crippen LogP contribution in [0.15, 0.2) is 60.7 Å². The van der Waals surface area contributed by atoms with Crippen molar-refractivity contribution in [3.63, 3.8) is 0 Å². The Morgan fingerprint density at radius 2 is 1.54 bits per heavy atom. The Morgan fingerprint density at radius 3 is 2.04 bits per heavy atom. The van der Waals surface area contributed by atoms with Gasteiger partial charge in [0, 0.05) is 18.6 Å². The second-order valence-corrected chi connectivity index (χ2v) is 8.72. The van der Waals surface area contributed by atoms with E-state index in [-0.39, 0.29) is 4.93 Å². The van der Waals surface area contributed by atoms with Crippen molar-refractivity contribution in [1.29, 1.82) is 0 Å². The lowest BCUT2D eigenvalue weighted by molar-refractivity contribution is -0.905. The fraction of sp³-hybridized carbons (Fsp3) is 0.429. The van der Waals surface area contributed by atoms with Gasteiger partial charge in [0.25, 0.3) is 0 Å². The van der Waals surface area contributed by atoms with E-state index in [1.807, 2.05) is 11.8 Å². The minimum atomic E-state index is -0.365. The third-order valence-corrected chi connectivity index (χ3v) is 7.11. The summed E-state index contributed by atoms with van der Waals surface area (Å²) in [7, 11) is 4.72. The maximum absolute atomic E-state index is 6.89. The Hall–Kier alpha value is -1.29. The number of hydrogen-bond acceptors (Lipinski definition) is 2. The standard InChI is InChI=1S/C21H26NOS/c1-22(2)15-9-14-19(22)20-16-24-21(23-20,17-10-5-3-6-11-17)18-12-7-4-8-13-18/h3-8,10-13,19-20H,9,14-16H2,1-2H3/q+1/t19-,20+/m1/s1. The third-order valence-electron chi connectivity index (χ3n) is 5.64. The molecule has 2 aliphatic heterocycles. The molecule has 2 nitrogen and oxygen atoms in total. The Labute approximate surface area is 149 Å². The van der Waals surface area contributed by atoms with Crippen LogP contribution in [0.2, 0.25) is 0 Å². The maximum Gasteiger partial charge on any atom is 0.165 e. The third kappa shape index (κ3) is 2.69.